The molecule has 2 unspecified atom stereocenters. The van der Waals surface area contributed by atoms with Crippen LogP contribution in [0.2, 0.25) is 0 Å². The van der Waals surface area contributed by atoms with E-state index in [-0.39, 0.29) is 23.4 Å². The summed E-state index contributed by atoms with van der Waals surface area (Å²) in [7, 11) is -2.64. The van der Waals surface area contributed by atoms with Crippen LogP contribution in [0.1, 0.15) is 43.9 Å². The molecule has 9 heteroatoms. The minimum absolute atomic E-state index is 0.0227. The number of rotatable bonds is 12. The molecular weight excluding hydrogens is 526 g/mol. The van der Waals surface area contributed by atoms with Crippen LogP contribution in [0.4, 0.5) is 5.69 Å². The van der Waals surface area contributed by atoms with E-state index in [0.29, 0.717) is 11.4 Å². The lowest BCUT2D eigenvalue weighted by atomic mass is 10.1. The minimum atomic E-state index is -4.14. The van der Waals surface area contributed by atoms with Crippen LogP contribution < -0.4 is 14.4 Å². The highest BCUT2D eigenvalue weighted by Gasteiger charge is 2.32. The number of hydrogen-bond donors (Lipinski definition) is 1. The van der Waals surface area contributed by atoms with Gasteiger partial charge in [-0.15, -0.1) is 0 Å². The van der Waals surface area contributed by atoms with Gasteiger partial charge in [0, 0.05) is 12.6 Å². The van der Waals surface area contributed by atoms with Crippen LogP contribution >= 0.6 is 0 Å². The second-order valence-corrected chi connectivity index (χ2v) is 11.9. The molecule has 0 fully saturated rings. The standard InChI is InChI=1S/C31H39N3O5S/c1-7-24(4)32-31(36)25(5)33(20-26-10-8-9-23(3)19-26)30(35)21-34(27-13-11-22(2)12-14-27)40(37,38)29-17-15-28(39-6)16-18-29/h8-19,24-25H,7,20-21H2,1-6H3,(H,32,36). The number of ether oxygens (including phenoxy) is 1. The highest BCUT2D eigenvalue weighted by Crippen LogP contribution is 2.26. The average Bonchev–Trinajstić information content (AvgIpc) is 2.94. The van der Waals surface area contributed by atoms with Gasteiger partial charge >= 0.3 is 0 Å². The molecule has 2 atom stereocenters. The number of methoxy groups -OCH3 is 1. The van der Waals surface area contributed by atoms with Crippen LogP contribution in [-0.4, -0.2) is 50.9 Å². The van der Waals surface area contributed by atoms with Crippen LogP contribution in [0.3, 0.4) is 0 Å². The zero-order valence-corrected chi connectivity index (χ0v) is 24.9. The molecule has 3 rings (SSSR count). The molecule has 0 aliphatic carbocycles. The van der Waals surface area contributed by atoms with Gasteiger partial charge in [-0.25, -0.2) is 8.42 Å². The maximum atomic E-state index is 14.0. The average molecular weight is 566 g/mol. The molecule has 0 saturated carbocycles. The number of carbonyl (C=O) groups is 2. The summed E-state index contributed by atoms with van der Waals surface area (Å²) < 4.78 is 34.1. The van der Waals surface area contributed by atoms with E-state index in [1.54, 1.807) is 43.3 Å². The first-order valence-corrected chi connectivity index (χ1v) is 14.8. The van der Waals surface area contributed by atoms with E-state index in [2.05, 4.69) is 5.32 Å². The lowest BCUT2D eigenvalue weighted by Crippen LogP contribution is -2.52. The predicted octanol–water partition coefficient (Wildman–Crippen LogP) is 4.84. The molecule has 214 valence electrons. The van der Waals surface area contributed by atoms with Gasteiger partial charge in [-0.1, -0.05) is 54.4 Å². The van der Waals surface area contributed by atoms with E-state index in [1.165, 1.54) is 24.1 Å². The van der Waals surface area contributed by atoms with Crippen molar-refractivity contribution < 1.29 is 22.7 Å². The third-order valence-corrected chi connectivity index (χ3v) is 8.64. The first-order valence-electron chi connectivity index (χ1n) is 13.3. The van der Waals surface area contributed by atoms with Crippen molar-refractivity contribution >= 4 is 27.5 Å². The SMILES string of the molecule is CCC(C)NC(=O)C(C)N(Cc1cccc(C)c1)C(=O)CN(c1ccc(C)cc1)S(=O)(=O)c1ccc(OC)cc1. The van der Waals surface area contributed by atoms with Crippen molar-refractivity contribution in [3.8, 4) is 5.75 Å². The van der Waals surface area contributed by atoms with Crippen molar-refractivity contribution in [1.82, 2.24) is 10.2 Å². The number of nitrogens with zero attached hydrogens (tertiary/aromatic N) is 2. The molecule has 1 N–H and O–H groups in total. The molecule has 40 heavy (non-hydrogen) atoms. The van der Waals surface area contributed by atoms with E-state index in [0.717, 1.165) is 27.4 Å². The van der Waals surface area contributed by atoms with Gasteiger partial charge in [0.1, 0.15) is 18.3 Å². The Morgan fingerprint density at radius 1 is 0.925 bits per heavy atom. The lowest BCUT2D eigenvalue weighted by Gasteiger charge is -2.32. The number of anilines is 1. The summed E-state index contributed by atoms with van der Waals surface area (Å²) in [5, 5.41) is 2.94. The first-order chi connectivity index (χ1) is 19.0. The number of benzene rings is 3. The summed E-state index contributed by atoms with van der Waals surface area (Å²) in [6.45, 7) is 9.06. The Kier molecular flexibility index (Phi) is 10.3. The molecule has 3 aromatic rings. The smallest absolute Gasteiger partial charge is 0.264 e. The number of nitrogens with one attached hydrogen (secondary N) is 1. The highest BCUT2D eigenvalue weighted by molar-refractivity contribution is 7.92. The van der Waals surface area contributed by atoms with Gasteiger partial charge in [0.05, 0.1) is 17.7 Å². The van der Waals surface area contributed by atoms with E-state index in [1.807, 2.05) is 52.0 Å². The van der Waals surface area contributed by atoms with Gasteiger partial charge in [-0.3, -0.25) is 13.9 Å². The van der Waals surface area contributed by atoms with Gasteiger partial charge in [-0.05, 0) is 76.1 Å². The molecule has 0 aliphatic heterocycles. The van der Waals surface area contributed by atoms with Gasteiger partial charge in [-0.2, -0.15) is 0 Å². The first kappa shape index (κ1) is 30.7. The van der Waals surface area contributed by atoms with E-state index < -0.39 is 28.5 Å². The summed E-state index contributed by atoms with van der Waals surface area (Å²) in [6.07, 6.45) is 0.742. The van der Waals surface area contributed by atoms with Gasteiger partial charge in [0.15, 0.2) is 0 Å². The fourth-order valence-electron chi connectivity index (χ4n) is 4.17. The Hall–Kier alpha value is -3.85. The van der Waals surface area contributed by atoms with Crippen molar-refractivity contribution in [1.29, 1.82) is 0 Å². The normalized spacial score (nSPS) is 12.8. The third-order valence-electron chi connectivity index (χ3n) is 6.85. The highest BCUT2D eigenvalue weighted by atomic mass is 32.2. The molecule has 0 heterocycles. The van der Waals surface area contributed by atoms with Crippen LogP contribution in [0.5, 0.6) is 5.75 Å². The van der Waals surface area contributed by atoms with Gasteiger partial charge < -0.3 is 15.0 Å². The number of aryl methyl sites for hydroxylation is 2. The predicted molar refractivity (Wildman–Crippen MR) is 158 cm³/mol. The quantitative estimate of drug-likeness (QED) is 0.339. The Balaban J connectivity index is 2.02. The molecular formula is C31H39N3O5S. The van der Waals surface area contributed by atoms with Crippen LogP contribution in [-0.2, 0) is 26.2 Å². The van der Waals surface area contributed by atoms with Crippen molar-refractivity contribution in [2.24, 2.45) is 0 Å². The summed E-state index contributed by atoms with van der Waals surface area (Å²) in [4.78, 5) is 28.6. The van der Waals surface area contributed by atoms with E-state index in [9.17, 15) is 18.0 Å². The largest absolute Gasteiger partial charge is 0.497 e. The molecule has 0 radical (unpaired) electrons. The van der Waals surface area contributed by atoms with Crippen molar-refractivity contribution in [3.05, 3.63) is 89.5 Å². The third kappa shape index (κ3) is 7.63. The molecule has 0 spiro atoms. The maximum absolute atomic E-state index is 14.0. The monoisotopic (exact) mass is 565 g/mol. The molecule has 0 aromatic heterocycles. The summed E-state index contributed by atoms with van der Waals surface area (Å²) in [5.74, 6) is -0.274. The van der Waals surface area contributed by atoms with Gasteiger partial charge in [0.2, 0.25) is 11.8 Å². The van der Waals surface area contributed by atoms with Crippen molar-refractivity contribution in [3.63, 3.8) is 0 Å². The molecule has 3 aromatic carbocycles. The van der Waals surface area contributed by atoms with Crippen molar-refractivity contribution in [2.75, 3.05) is 18.0 Å². The molecule has 2 amide bonds. The van der Waals surface area contributed by atoms with E-state index >= 15 is 0 Å². The fraction of sp³-hybridized carbons (Fsp3) is 0.355. The van der Waals surface area contributed by atoms with Crippen LogP contribution in [0.15, 0.2) is 77.7 Å². The van der Waals surface area contributed by atoms with E-state index in [4.69, 9.17) is 4.74 Å². The Morgan fingerprint density at radius 2 is 1.57 bits per heavy atom. The molecule has 0 bridgehead atoms. The second kappa shape index (κ2) is 13.5. The zero-order valence-electron chi connectivity index (χ0n) is 24.0. The Labute approximate surface area is 238 Å². The second-order valence-electron chi connectivity index (χ2n) is 10.0. The number of amides is 2. The molecule has 0 saturated heterocycles. The number of sulfonamides is 1. The number of hydrogen-bond acceptors (Lipinski definition) is 5. The zero-order chi connectivity index (χ0) is 29.4. The molecule has 8 nitrogen and oxygen atoms in total. The maximum Gasteiger partial charge on any atom is 0.264 e. The van der Waals surface area contributed by atoms with Crippen LogP contribution in [0, 0.1) is 13.8 Å². The molecule has 0 aliphatic rings. The summed E-state index contributed by atoms with van der Waals surface area (Å²) >= 11 is 0. The van der Waals surface area contributed by atoms with Gasteiger partial charge in [0.25, 0.3) is 10.0 Å². The minimum Gasteiger partial charge on any atom is -0.497 e. The number of carbonyl (C=O) groups excluding carboxylic acids is 2. The Bertz CT molecular complexity index is 1410. The summed E-state index contributed by atoms with van der Waals surface area (Å²) in [5.41, 5.74) is 3.16. The van der Waals surface area contributed by atoms with Crippen LogP contribution in [0.25, 0.3) is 0 Å². The fourth-order valence-corrected chi connectivity index (χ4v) is 5.58. The van der Waals surface area contributed by atoms with Crippen molar-refractivity contribution in [2.45, 2.75) is 64.6 Å². The lowest BCUT2D eigenvalue weighted by molar-refractivity contribution is -0.139. The Morgan fingerprint density at radius 3 is 2.15 bits per heavy atom. The summed E-state index contributed by atoms with van der Waals surface area (Å²) in [6, 6.07) is 19.8. The topological polar surface area (TPSA) is 96.0 Å².